The van der Waals surface area contributed by atoms with E-state index in [1.807, 2.05) is 6.20 Å². The van der Waals surface area contributed by atoms with Gasteiger partial charge in [-0.3, -0.25) is 0 Å². The zero-order chi connectivity index (χ0) is 18.1. The molecule has 1 aliphatic heterocycles. The second-order valence-electron chi connectivity index (χ2n) is 8.18. The van der Waals surface area contributed by atoms with Gasteiger partial charge in [-0.1, -0.05) is 0 Å². The van der Waals surface area contributed by atoms with E-state index in [0.29, 0.717) is 0 Å². The van der Waals surface area contributed by atoms with Crippen molar-refractivity contribution in [3.63, 3.8) is 0 Å². The Kier molecular flexibility index (Phi) is 3.26. The number of pyridine rings is 1. The van der Waals surface area contributed by atoms with Crippen LogP contribution in [-0.4, -0.2) is 18.3 Å². The van der Waals surface area contributed by atoms with Gasteiger partial charge in [0.25, 0.3) is 0 Å². The molecule has 1 aromatic heterocycles. The molecule has 4 aromatic rings. The van der Waals surface area contributed by atoms with Crippen molar-refractivity contribution in [2.75, 3.05) is 0 Å². The van der Waals surface area contributed by atoms with Crippen LogP contribution in [0.5, 0.6) is 11.5 Å². The first-order valence-corrected chi connectivity index (χ1v) is 16.4. The Morgan fingerprint density at radius 1 is 0.923 bits per heavy atom. The molecule has 0 saturated carbocycles. The van der Waals surface area contributed by atoms with Gasteiger partial charge in [-0.25, -0.2) is 0 Å². The number of aryl methyl sites for hydroxylation is 1. The number of fused-ring (bicyclic) bond motifs is 3. The van der Waals surface area contributed by atoms with Gasteiger partial charge in [-0.15, -0.1) is 0 Å². The Hall–Kier alpha value is -2.33. The third-order valence-electron chi connectivity index (χ3n) is 5.41. The average Bonchev–Trinajstić information content (AvgIpc) is 2.62. The molecule has 2 heterocycles. The van der Waals surface area contributed by atoms with Crippen LogP contribution < -0.4 is 9.13 Å². The summed E-state index contributed by atoms with van der Waals surface area (Å²) in [5.74, 6) is 9.18. The summed E-state index contributed by atoms with van der Waals surface area (Å²) in [7, 11) is 0. The van der Waals surface area contributed by atoms with Gasteiger partial charge >= 0.3 is 156 Å². The monoisotopic (exact) mass is 401 g/mol. The first kappa shape index (κ1) is 15.9. The molecule has 0 fully saturated rings. The Morgan fingerprint density at radius 3 is 2.54 bits per heavy atom. The van der Waals surface area contributed by atoms with E-state index in [0.717, 1.165) is 28.1 Å². The first-order chi connectivity index (χ1) is 12.4. The SMILES string of the molecule is Cc1c2c(cc3ccccc13)-c1nccc3c[c]([Ge]([CH3])([CH3])[CH3])cc(c13)O2. The number of ether oxygens (including phenoxy) is 1. The van der Waals surface area contributed by atoms with E-state index < -0.39 is 13.3 Å². The molecule has 0 aliphatic carbocycles. The summed E-state index contributed by atoms with van der Waals surface area (Å²) < 4.78 is 7.98. The molecule has 0 saturated heterocycles. The molecule has 3 heteroatoms. The molecule has 128 valence electrons. The third-order valence-corrected chi connectivity index (χ3v) is 9.65. The number of benzene rings is 3. The van der Waals surface area contributed by atoms with Crippen molar-refractivity contribution in [3.8, 4) is 22.8 Å². The molecule has 5 rings (SSSR count). The van der Waals surface area contributed by atoms with Crippen LogP contribution in [0.25, 0.3) is 32.8 Å². The number of aromatic nitrogens is 1. The number of hydrogen-bond donors (Lipinski definition) is 0. The van der Waals surface area contributed by atoms with E-state index in [9.17, 15) is 0 Å². The zero-order valence-corrected chi connectivity index (χ0v) is 17.6. The summed E-state index contributed by atoms with van der Waals surface area (Å²) in [4.78, 5) is 4.75. The molecule has 0 atom stereocenters. The number of rotatable bonds is 1. The molecular weight excluding hydrogens is 379 g/mol. The van der Waals surface area contributed by atoms with Crippen LogP contribution in [0.1, 0.15) is 5.56 Å². The Bertz CT molecular complexity index is 1200. The number of nitrogens with zero attached hydrogens (tertiary/aromatic N) is 1. The van der Waals surface area contributed by atoms with Gasteiger partial charge in [-0.2, -0.15) is 0 Å². The van der Waals surface area contributed by atoms with Crippen LogP contribution in [0.3, 0.4) is 0 Å². The molecule has 0 radical (unpaired) electrons. The quantitative estimate of drug-likeness (QED) is 0.322. The molecule has 26 heavy (non-hydrogen) atoms. The van der Waals surface area contributed by atoms with Gasteiger partial charge in [0.05, 0.1) is 0 Å². The van der Waals surface area contributed by atoms with E-state index in [1.54, 1.807) is 0 Å². The summed E-state index contributed by atoms with van der Waals surface area (Å²) in [6.45, 7) is 2.15. The molecule has 2 nitrogen and oxygen atoms in total. The normalized spacial score (nSPS) is 12.9. The van der Waals surface area contributed by atoms with Gasteiger partial charge < -0.3 is 0 Å². The van der Waals surface area contributed by atoms with Crippen molar-refractivity contribution in [3.05, 3.63) is 60.3 Å². The van der Waals surface area contributed by atoms with Crippen LogP contribution in [0.15, 0.2) is 54.7 Å². The minimum absolute atomic E-state index is 0.953. The molecule has 0 bridgehead atoms. The fourth-order valence-corrected chi connectivity index (χ4v) is 6.34. The van der Waals surface area contributed by atoms with Crippen molar-refractivity contribution in [2.45, 2.75) is 24.2 Å². The van der Waals surface area contributed by atoms with E-state index in [1.165, 1.54) is 26.1 Å². The van der Waals surface area contributed by atoms with Gasteiger partial charge in [0, 0.05) is 0 Å². The first-order valence-electron chi connectivity index (χ1n) is 9.07. The van der Waals surface area contributed by atoms with Crippen LogP contribution >= 0.6 is 0 Å². The van der Waals surface area contributed by atoms with Crippen LogP contribution in [0.4, 0.5) is 0 Å². The minimum atomic E-state index is -1.97. The summed E-state index contributed by atoms with van der Waals surface area (Å²) >= 11 is -1.97. The van der Waals surface area contributed by atoms with E-state index >= 15 is 0 Å². The fraction of sp³-hybridized carbons (Fsp3) is 0.174. The Labute approximate surface area is 156 Å². The van der Waals surface area contributed by atoms with Crippen molar-refractivity contribution in [1.82, 2.24) is 4.98 Å². The predicted octanol–water partition coefficient (Wildman–Crippen LogP) is 6.01. The van der Waals surface area contributed by atoms with E-state index in [4.69, 9.17) is 9.72 Å². The topological polar surface area (TPSA) is 22.1 Å². The maximum absolute atomic E-state index is 6.51. The molecule has 0 amide bonds. The van der Waals surface area contributed by atoms with E-state index in [2.05, 4.69) is 72.7 Å². The maximum atomic E-state index is 6.51. The van der Waals surface area contributed by atoms with Gasteiger partial charge in [-0.05, 0) is 0 Å². The molecule has 0 N–H and O–H groups in total. The van der Waals surface area contributed by atoms with Crippen molar-refractivity contribution >= 4 is 39.2 Å². The Morgan fingerprint density at radius 2 is 1.73 bits per heavy atom. The fourth-order valence-electron chi connectivity index (χ4n) is 3.92. The van der Waals surface area contributed by atoms with Crippen molar-refractivity contribution in [1.29, 1.82) is 0 Å². The van der Waals surface area contributed by atoms with Crippen molar-refractivity contribution in [2.24, 2.45) is 0 Å². The standard InChI is InChI=1S/C23H21GeNO/c1-14-18-8-6-5-7-15(18)12-19-22-21-16(9-10-25-22)11-17(24(2,3)4)13-20(21)26-23(14)19/h5-13H,1-4H3. The van der Waals surface area contributed by atoms with Crippen LogP contribution in [-0.2, 0) is 0 Å². The molecule has 0 unspecified atom stereocenters. The molecule has 3 aromatic carbocycles. The second kappa shape index (κ2) is 5.34. The summed E-state index contributed by atoms with van der Waals surface area (Å²) in [5.41, 5.74) is 3.33. The summed E-state index contributed by atoms with van der Waals surface area (Å²) in [5, 5.41) is 4.85. The molecule has 0 spiro atoms. The summed E-state index contributed by atoms with van der Waals surface area (Å²) in [6, 6.07) is 17.5. The van der Waals surface area contributed by atoms with E-state index in [-0.39, 0.29) is 0 Å². The zero-order valence-electron chi connectivity index (χ0n) is 15.6. The van der Waals surface area contributed by atoms with Crippen molar-refractivity contribution < 1.29 is 4.74 Å². The molecule has 1 aliphatic rings. The average molecular weight is 400 g/mol. The van der Waals surface area contributed by atoms with Gasteiger partial charge in [0.2, 0.25) is 0 Å². The number of hydrogen-bond acceptors (Lipinski definition) is 2. The third kappa shape index (κ3) is 2.21. The molecular formula is C23H21GeNO. The summed E-state index contributed by atoms with van der Waals surface area (Å²) in [6.07, 6.45) is 1.93. The predicted molar refractivity (Wildman–Crippen MR) is 112 cm³/mol. The van der Waals surface area contributed by atoms with Gasteiger partial charge in [0.1, 0.15) is 0 Å². The Balaban J connectivity index is 1.90. The van der Waals surface area contributed by atoms with Crippen LogP contribution in [0.2, 0.25) is 17.3 Å². The second-order valence-corrected chi connectivity index (χ2v) is 18.8. The van der Waals surface area contributed by atoms with Gasteiger partial charge in [0.15, 0.2) is 0 Å². The van der Waals surface area contributed by atoms with Crippen LogP contribution in [0, 0.1) is 6.92 Å².